The van der Waals surface area contributed by atoms with E-state index in [0.717, 1.165) is 17.5 Å². The molecule has 1 aliphatic rings. The Balaban J connectivity index is 1.60. The lowest BCUT2D eigenvalue weighted by molar-refractivity contribution is -0.134. The maximum atomic E-state index is 12.5. The molecule has 1 N–H and O–H groups in total. The lowest BCUT2D eigenvalue weighted by atomic mass is 9.97. The Bertz CT molecular complexity index is 811. The largest absolute Gasteiger partial charge is 0.484 e. The number of ether oxygens (including phenoxy) is 1. The van der Waals surface area contributed by atoms with Crippen LogP contribution in [0.2, 0.25) is 0 Å². The molecule has 1 amide bonds. The van der Waals surface area contributed by atoms with Gasteiger partial charge in [0, 0.05) is 13.1 Å². The van der Waals surface area contributed by atoms with Crippen molar-refractivity contribution in [3.8, 4) is 5.75 Å². The van der Waals surface area contributed by atoms with E-state index in [0.29, 0.717) is 24.8 Å². The van der Waals surface area contributed by atoms with Gasteiger partial charge in [-0.15, -0.1) is 0 Å². The van der Waals surface area contributed by atoms with Crippen molar-refractivity contribution in [2.45, 2.75) is 32.7 Å². The summed E-state index contributed by atoms with van der Waals surface area (Å²) in [5.41, 5.74) is 3.47. The summed E-state index contributed by atoms with van der Waals surface area (Å²) in [5.74, 6) is 0.0804. The van der Waals surface area contributed by atoms with Crippen LogP contribution in [0.25, 0.3) is 0 Å². The zero-order chi connectivity index (χ0) is 18.7. The monoisotopic (exact) mass is 353 g/mol. The molecule has 1 aliphatic heterocycles. The van der Waals surface area contributed by atoms with E-state index < -0.39 is 5.97 Å². The minimum atomic E-state index is -0.954. The molecule has 0 unspecified atom stereocenters. The highest BCUT2D eigenvalue weighted by Gasteiger charge is 2.22. The lowest BCUT2D eigenvalue weighted by Gasteiger charge is -2.29. The molecule has 2 aromatic rings. The molecule has 2 aromatic carbocycles. The van der Waals surface area contributed by atoms with E-state index in [1.54, 1.807) is 17.0 Å². The van der Waals surface area contributed by atoms with E-state index >= 15 is 0 Å². The molecule has 136 valence electrons. The zero-order valence-electron chi connectivity index (χ0n) is 15.1. The predicted octanol–water partition coefficient (Wildman–Crippen LogP) is 3.47. The van der Waals surface area contributed by atoms with Gasteiger partial charge in [-0.25, -0.2) is 4.79 Å². The van der Waals surface area contributed by atoms with Gasteiger partial charge >= 0.3 is 5.97 Å². The molecule has 0 bridgehead atoms. The lowest BCUT2D eigenvalue weighted by Crippen LogP contribution is -2.38. The van der Waals surface area contributed by atoms with Crippen molar-refractivity contribution < 1.29 is 19.4 Å². The number of amides is 1. The topological polar surface area (TPSA) is 66.8 Å². The molecule has 0 atom stereocenters. The number of nitrogens with zero attached hydrogens (tertiary/aromatic N) is 1. The fraction of sp³-hybridized carbons (Fsp3) is 0.333. The van der Waals surface area contributed by atoms with Gasteiger partial charge in [0.2, 0.25) is 0 Å². The number of carbonyl (C=O) groups excluding carboxylic acids is 1. The van der Waals surface area contributed by atoms with Crippen molar-refractivity contribution in [3.05, 3.63) is 64.7 Å². The fourth-order valence-electron chi connectivity index (χ4n) is 3.09. The van der Waals surface area contributed by atoms with Gasteiger partial charge in [-0.05, 0) is 53.3 Å². The van der Waals surface area contributed by atoms with E-state index in [-0.39, 0.29) is 18.1 Å². The van der Waals surface area contributed by atoms with E-state index in [1.807, 2.05) is 30.3 Å². The number of benzene rings is 2. The quantitative estimate of drug-likeness (QED) is 0.894. The highest BCUT2D eigenvalue weighted by atomic mass is 16.5. The number of carbonyl (C=O) groups is 2. The minimum Gasteiger partial charge on any atom is -0.484 e. The summed E-state index contributed by atoms with van der Waals surface area (Å²) in [6.07, 6.45) is 0.726. The second kappa shape index (κ2) is 7.60. The SMILES string of the molecule is CC(C)c1ccc(OCC(=O)N2CCc3ccc(C(=O)O)cc3C2)cc1. The molecule has 26 heavy (non-hydrogen) atoms. The summed E-state index contributed by atoms with van der Waals surface area (Å²) in [5, 5.41) is 9.12. The summed E-state index contributed by atoms with van der Waals surface area (Å²) >= 11 is 0. The molecular weight excluding hydrogens is 330 g/mol. The van der Waals surface area contributed by atoms with Crippen LogP contribution in [0.4, 0.5) is 0 Å². The molecule has 0 saturated heterocycles. The fourth-order valence-corrected chi connectivity index (χ4v) is 3.09. The molecule has 0 aliphatic carbocycles. The number of hydrogen-bond donors (Lipinski definition) is 1. The van der Waals surface area contributed by atoms with Crippen molar-refractivity contribution >= 4 is 11.9 Å². The van der Waals surface area contributed by atoms with Crippen LogP contribution in [0.15, 0.2) is 42.5 Å². The first-order valence-electron chi connectivity index (χ1n) is 8.79. The van der Waals surface area contributed by atoms with Crippen LogP contribution < -0.4 is 4.74 Å². The van der Waals surface area contributed by atoms with Gasteiger partial charge in [0.25, 0.3) is 5.91 Å². The van der Waals surface area contributed by atoms with Gasteiger partial charge in [0.1, 0.15) is 5.75 Å². The van der Waals surface area contributed by atoms with E-state index in [9.17, 15) is 9.59 Å². The van der Waals surface area contributed by atoms with Gasteiger partial charge in [-0.3, -0.25) is 4.79 Å². The number of carboxylic acid groups (broad SMARTS) is 1. The number of rotatable bonds is 5. The Morgan fingerprint density at radius 2 is 1.85 bits per heavy atom. The Morgan fingerprint density at radius 3 is 2.50 bits per heavy atom. The van der Waals surface area contributed by atoms with Crippen molar-refractivity contribution in [1.29, 1.82) is 0 Å². The highest BCUT2D eigenvalue weighted by molar-refractivity contribution is 5.88. The van der Waals surface area contributed by atoms with Gasteiger partial charge in [0.15, 0.2) is 6.61 Å². The van der Waals surface area contributed by atoms with Gasteiger partial charge < -0.3 is 14.7 Å². The number of aromatic carboxylic acids is 1. The van der Waals surface area contributed by atoms with Crippen LogP contribution in [0.1, 0.15) is 46.8 Å². The van der Waals surface area contributed by atoms with Crippen LogP contribution in [-0.4, -0.2) is 35.0 Å². The molecule has 0 fully saturated rings. The average molecular weight is 353 g/mol. The molecule has 0 aromatic heterocycles. The second-order valence-corrected chi connectivity index (χ2v) is 6.87. The summed E-state index contributed by atoms with van der Waals surface area (Å²) in [4.78, 5) is 25.3. The normalized spacial score (nSPS) is 13.4. The Kier molecular flexibility index (Phi) is 5.26. The van der Waals surface area contributed by atoms with Crippen LogP contribution in [-0.2, 0) is 17.8 Å². The molecule has 0 saturated carbocycles. The molecule has 0 radical (unpaired) electrons. The van der Waals surface area contributed by atoms with Crippen LogP contribution in [0.3, 0.4) is 0 Å². The van der Waals surface area contributed by atoms with E-state index in [2.05, 4.69) is 13.8 Å². The van der Waals surface area contributed by atoms with Gasteiger partial charge in [-0.2, -0.15) is 0 Å². The Hall–Kier alpha value is -2.82. The minimum absolute atomic E-state index is 0.0189. The average Bonchev–Trinajstić information content (AvgIpc) is 2.65. The standard InChI is InChI=1S/C21H23NO4/c1-14(2)15-5-7-19(8-6-15)26-13-20(23)22-10-9-16-3-4-17(21(24)25)11-18(16)12-22/h3-8,11,14H,9-10,12-13H2,1-2H3,(H,24,25). The summed E-state index contributed by atoms with van der Waals surface area (Å²) < 4.78 is 5.62. The summed E-state index contributed by atoms with van der Waals surface area (Å²) in [6, 6.07) is 12.9. The Labute approximate surface area is 153 Å². The van der Waals surface area contributed by atoms with Crippen LogP contribution in [0, 0.1) is 0 Å². The van der Waals surface area contributed by atoms with Crippen molar-refractivity contribution in [2.24, 2.45) is 0 Å². The van der Waals surface area contributed by atoms with Gasteiger partial charge in [-0.1, -0.05) is 32.0 Å². The first-order chi connectivity index (χ1) is 12.4. The summed E-state index contributed by atoms with van der Waals surface area (Å²) in [6.45, 7) is 5.28. The highest BCUT2D eigenvalue weighted by Crippen LogP contribution is 2.22. The Morgan fingerprint density at radius 1 is 1.12 bits per heavy atom. The third-order valence-corrected chi connectivity index (χ3v) is 4.73. The molecular formula is C21H23NO4. The van der Waals surface area contributed by atoms with Crippen molar-refractivity contribution in [1.82, 2.24) is 4.90 Å². The van der Waals surface area contributed by atoms with Gasteiger partial charge in [0.05, 0.1) is 5.56 Å². The number of carboxylic acids is 1. The third-order valence-electron chi connectivity index (χ3n) is 4.73. The third kappa shape index (κ3) is 4.04. The molecule has 0 spiro atoms. The summed E-state index contributed by atoms with van der Waals surface area (Å²) in [7, 11) is 0. The first-order valence-corrected chi connectivity index (χ1v) is 8.79. The second-order valence-electron chi connectivity index (χ2n) is 6.87. The molecule has 5 heteroatoms. The maximum Gasteiger partial charge on any atom is 0.335 e. The van der Waals surface area contributed by atoms with E-state index in [4.69, 9.17) is 9.84 Å². The van der Waals surface area contributed by atoms with E-state index in [1.165, 1.54) is 5.56 Å². The smallest absolute Gasteiger partial charge is 0.335 e. The maximum absolute atomic E-state index is 12.5. The predicted molar refractivity (Wildman–Crippen MR) is 98.5 cm³/mol. The van der Waals surface area contributed by atoms with Crippen LogP contribution >= 0.6 is 0 Å². The molecule has 3 rings (SSSR count). The molecule has 1 heterocycles. The van der Waals surface area contributed by atoms with Crippen LogP contribution in [0.5, 0.6) is 5.75 Å². The first kappa shape index (κ1) is 18.0. The number of fused-ring (bicyclic) bond motifs is 1. The number of hydrogen-bond acceptors (Lipinski definition) is 3. The van der Waals surface area contributed by atoms with Crippen molar-refractivity contribution in [3.63, 3.8) is 0 Å². The zero-order valence-corrected chi connectivity index (χ0v) is 15.1. The molecule has 5 nitrogen and oxygen atoms in total. The van der Waals surface area contributed by atoms with Crippen molar-refractivity contribution in [2.75, 3.05) is 13.2 Å².